The first-order valence-electron chi connectivity index (χ1n) is 6.38. The van der Waals surface area contributed by atoms with Crippen molar-refractivity contribution in [2.75, 3.05) is 12.8 Å². The van der Waals surface area contributed by atoms with Gasteiger partial charge in [0, 0.05) is 23.7 Å². The smallest absolute Gasteiger partial charge is 0.246 e. The fraction of sp³-hybridized carbons (Fsp3) is 0.188. The molecule has 1 aromatic carbocycles. The van der Waals surface area contributed by atoms with E-state index in [2.05, 4.69) is 13.0 Å². The van der Waals surface area contributed by atoms with E-state index in [0.29, 0.717) is 12.2 Å². The second kappa shape index (κ2) is 6.39. The maximum Gasteiger partial charge on any atom is 0.246 e. The van der Waals surface area contributed by atoms with Crippen LogP contribution in [0.3, 0.4) is 0 Å². The highest BCUT2D eigenvalue weighted by molar-refractivity contribution is 7.10. The highest BCUT2D eigenvalue weighted by Gasteiger charge is 2.08. The summed E-state index contributed by atoms with van der Waals surface area (Å²) >= 11 is 1.68. The highest BCUT2D eigenvalue weighted by atomic mass is 32.1. The van der Waals surface area contributed by atoms with Gasteiger partial charge in [-0.15, -0.1) is 11.3 Å². The molecule has 20 heavy (non-hydrogen) atoms. The van der Waals surface area contributed by atoms with Gasteiger partial charge in [0.15, 0.2) is 0 Å². The third-order valence-electron chi connectivity index (χ3n) is 3.05. The Labute approximate surface area is 123 Å². The molecule has 0 saturated heterocycles. The molecule has 2 aromatic rings. The number of thiophene rings is 1. The van der Waals surface area contributed by atoms with Crippen molar-refractivity contribution in [3.05, 3.63) is 57.8 Å². The van der Waals surface area contributed by atoms with E-state index < -0.39 is 0 Å². The fourth-order valence-electron chi connectivity index (χ4n) is 1.82. The van der Waals surface area contributed by atoms with E-state index in [0.717, 1.165) is 5.56 Å². The second-order valence-corrected chi connectivity index (χ2v) is 5.73. The largest absolute Gasteiger partial charge is 0.399 e. The third-order valence-corrected chi connectivity index (χ3v) is 4.06. The first-order chi connectivity index (χ1) is 9.56. The Morgan fingerprint density at radius 3 is 2.85 bits per heavy atom. The van der Waals surface area contributed by atoms with Crippen LogP contribution < -0.4 is 5.73 Å². The van der Waals surface area contributed by atoms with Gasteiger partial charge in [0.1, 0.15) is 0 Å². The van der Waals surface area contributed by atoms with Gasteiger partial charge in [-0.2, -0.15) is 0 Å². The summed E-state index contributed by atoms with van der Waals surface area (Å²) in [6.45, 7) is 2.70. The molecule has 2 N–H and O–H groups in total. The summed E-state index contributed by atoms with van der Waals surface area (Å²) in [4.78, 5) is 15.0. The van der Waals surface area contributed by atoms with Crippen LogP contribution >= 0.6 is 11.3 Å². The summed E-state index contributed by atoms with van der Waals surface area (Å²) in [7, 11) is 1.81. The minimum absolute atomic E-state index is 0.0137. The van der Waals surface area contributed by atoms with Crippen molar-refractivity contribution >= 4 is 29.0 Å². The van der Waals surface area contributed by atoms with Crippen molar-refractivity contribution in [2.45, 2.75) is 13.5 Å². The van der Waals surface area contributed by atoms with Gasteiger partial charge < -0.3 is 10.6 Å². The van der Waals surface area contributed by atoms with Crippen molar-refractivity contribution in [2.24, 2.45) is 0 Å². The van der Waals surface area contributed by atoms with Crippen molar-refractivity contribution in [1.29, 1.82) is 0 Å². The Morgan fingerprint density at radius 1 is 1.40 bits per heavy atom. The number of hydrogen-bond acceptors (Lipinski definition) is 3. The SMILES string of the molecule is Cc1ccsc1CN(C)C(=O)/C=C/c1cccc(N)c1. The first-order valence-corrected chi connectivity index (χ1v) is 7.26. The molecule has 0 fully saturated rings. The van der Waals surface area contributed by atoms with Crippen molar-refractivity contribution in [3.63, 3.8) is 0 Å². The van der Waals surface area contributed by atoms with Gasteiger partial charge in [0.25, 0.3) is 0 Å². The molecule has 0 aliphatic carbocycles. The molecule has 0 unspecified atom stereocenters. The number of rotatable bonds is 4. The number of carbonyl (C=O) groups excluding carboxylic acids is 1. The Kier molecular flexibility index (Phi) is 4.58. The lowest BCUT2D eigenvalue weighted by Gasteiger charge is -2.14. The molecule has 0 saturated carbocycles. The van der Waals surface area contributed by atoms with Crippen molar-refractivity contribution in [3.8, 4) is 0 Å². The molecule has 0 atom stereocenters. The molecule has 4 heteroatoms. The van der Waals surface area contributed by atoms with E-state index in [1.54, 1.807) is 28.4 Å². The minimum atomic E-state index is -0.0137. The number of anilines is 1. The van der Waals surface area contributed by atoms with E-state index in [9.17, 15) is 4.79 Å². The Morgan fingerprint density at radius 2 is 2.20 bits per heavy atom. The average Bonchev–Trinajstić information content (AvgIpc) is 2.81. The topological polar surface area (TPSA) is 46.3 Å². The predicted molar refractivity (Wildman–Crippen MR) is 85.4 cm³/mol. The molecule has 0 spiro atoms. The van der Waals surface area contributed by atoms with Crippen molar-refractivity contribution in [1.82, 2.24) is 4.90 Å². The van der Waals surface area contributed by atoms with Gasteiger partial charge in [-0.25, -0.2) is 0 Å². The van der Waals surface area contributed by atoms with Crippen LogP contribution in [0.1, 0.15) is 16.0 Å². The van der Waals surface area contributed by atoms with Gasteiger partial charge in [-0.1, -0.05) is 12.1 Å². The number of amides is 1. The summed E-state index contributed by atoms with van der Waals surface area (Å²) < 4.78 is 0. The molecule has 0 aliphatic heterocycles. The zero-order valence-electron chi connectivity index (χ0n) is 11.7. The minimum Gasteiger partial charge on any atom is -0.399 e. The van der Waals surface area contributed by atoms with Gasteiger partial charge >= 0.3 is 0 Å². The monoisotopic (exact) mass is 286 g/mol. The lowest BCUT2D eigenvalue weighted by molar-refractivity contribution is -0.125. The summed E-state index contributed by atoms with van der Waals surface area (Å²) in [5.41, 5.74) is 8.56. The van der Waals surface area contributed by atoms with Gasteiger partial charge in [0.05, 0.1) is 6.54 Å². The summed E-state index contributed by atoms with van der Waals surface area (Å²) in [6, 6.07) is 9.53. The van der Waals surface area contributed by atoms with E-state index in [1.807, 2.05) is 36.7 Å². The Bertz CT molecular complexity index is 631. The maximum atomic E-state index is 12.1. The molecular weight excluding hydrogens is 268 g/mol. The number of nitrogen functional groups attached to an aromatic ring is 1. The molecule has 104 valence electrons. The molecular formula is C16H18N2OS. The number of aryl methyl sites for hydroxylation is 1. The number of likely N-dealkylation sites (N-methyl/N-ethyl adjacent to an activating group) is 1. The number of nitrogens with two attached hydrogens (primary N) is 1. The van der Waals surface area contributed by atoms with E-state index >= 15 is 0 Å². The Hall–Kier alpha value is -2.07. The van der Waals surface area contributed by atoms with Gasteiger partial charge in [0.2, 0.25) is 5.91 Å². The lowest BCUT2D eigenvalue weighted by atomic mass is 10.2. The number of hydrogen-bond donors (Lipinski definition) is 1. The van der Waals surface area contributed by atoms with Crippen LogP contribution in [0.15, 0.2) is 41.8 Å². The maximum absolute atomic E-state index is 12.1. The number of benzene rings is 1. The van der Waals surface area contributed by atoms with Crippen LogP contribution in [-0.4, -0.2) is 17.9 Å². The molecule has 0 radical (unpaired) electrons. The average molecular weight is 286 g/mol. The predicted octanol–water partition coefficient (Wildman–Crippen LogP) is 3.31. The molecule has 1 heterocycles. The van der Waals surface area contributed by atoms with Gasteiger partial charge in [-0.3, -0.25) is 4.79 Å². The molecule has 0 bridgehead atoms. The Balaban J connectivity index is 1.99. The summed E-state index contributed by atoms with van der Waals surface area (Å²) in [5.74, 6) is -0.0137. The van der Waals surface area contributed by atoms with Crippen LogP contribution in [0.2, 0.25) is 0 Å². The molecule has 0 aliphatic rings. The third kappa shape index (κ3) is 3.71. The first kappa shape index (κ1) is 14.3. The number of carbonyl (C=O) groups is 1. The summed E-state index contributed by atoms with van der Waals surface area (Å²) in [5, 5.41) is 2.05. The quantitative estimate of drug-likeness (QED) is 0.692. The summed E-state index contributed by atoms with van der Waals surface area (Å²) in [6.07, 6.45) is 3.37. The molecule has 2 rings (SSSR count). The zero-order chi connectivity index (χ0) is 14.5. The normalized spacial score (nSPS) is 10.9. The fourth-order valence-corrected chi connectivity index (χ4v) is 2.78. The molecule has 1 amide bonds. The van der Waals surface area contributed by atoms with E-state index in [-0.39, 0.29) is 5.91 Å². The highest BCUT2D eigenvalue weighted by Crippen LogP contribution is 2.17. The van der Waals surface area contributed by atoms with Crippen LogP contribution in [0, 0.1) is 6.92 Å². The molecule has 3 nitrogen and oxygen atoms in total. The van der Waals surface area contributed by atoms with E-state index in [1.165, 1.54) is 10.4 Å². The van der Waals surface area contributed by atoms with Crippen LogP contribution in [0.25, 0.3) is 6.08 Å². The van der Waals surface area contributed by atoms with Crippen LogP contribution in [0.5, 0.6) is 0 Å². The van der Waals surface area contributed by atoms with Crippen LogP contribution in [0.4, 0.5) is 5.69 Å². The standard InChI is InChI=1S/C16H18N2OS/c1-12-8-9-20-15(12)11-18(2)16(19)7-6-13-4-3-5-14(17)10-13/h3-10H,11,17H2,1-2H3/b7-6+. The van der Waals surface area contributed by atoms with Gasteiger partial charge in [-0.05, 0) is 47.7 Å². The van der Waals surface area contributed by atoms with E-state index in [4.69, 9.17) is 5.73 Å². The molecule has 1 aromatic heterocycles. The van der Waals surface area contributed by atoms with Crippen molar-refractivity contribution < 1.29 is 4.79 Å². The number of nitrogens with zero attached hydrogens (tertiary/aromatic N) is 1. The van der Waals surface area contributed by atoms with Crippen LogP contribution in [-0.2, 0) is 11.3 Å². The zero-order valence-corrected chi connectivity index (χ0v) is 12.5. The second-order valence-electron chi connectivity index (χ2n) is 4.72. The lowest BCUT2D eigenvalue weighted by Crippen LogP contribution is -2.23.